The highest BCUT2D eigenvalue weighted by Crippen LogP contribution is 2.31. The minimum absolute atomic E-state index is 0.0538. The van der Waals surface area contributed by atoms with Crippen LogP contribution in [0.4, 0.5) is 5.13 Å². The van der Waals surface area contributed by atoms with Gasteiger partial charge in [-0.2, -0.15) is 0 Å². The molecule has 1 aromatic carbocycles. The Labute approximate surface area is 167 Å². The number of nitrogens with one attached hydrogen (secondary N) is 2. The van der Waals surface area contributed by atoms with Crippen molar-refractivity contribution < 1.29 is 9.59 Å². The highest BCUT2D eigenvalue weighted by Gasteiger charge is 2.13. The smallest absolute Gasteiger partial charge is 0.257 e. The molecule has 134 valence electrons. The Morgan fingerprint density at radius 3 is 2.77 bits per heavy atom. The summed E-state index contributed by atoms with van der Waals surface area (Å²) in [6.45, 7) is 3.91. The van der Waals surface area contributed by atoms with Crippen LogP contribution in [-0.4, -0.2) is 16.8 Å². The van der Waals surface area contributed by atoms with E-state index in [1.807, 2.05) is 36.6 Å². The van der Waals surface area contributed by atoms with Crippen molar-refractivity contribution in [2.24, 2.45) is 0 Å². The zero-order valence-electron chi connectivity index (χ0n) is 14.1. The molecule has 3 rings (SSSR count). The maximum atomic E-state index is 12.4. The number of hydrogen-bond donors (Lipinski definition) is 2. The van der Waals surface area contributed by atoms with Gasteiger partial charge >= 0.3 is 0 Å². The van der Waals surface area contributed by atoms with Crippen molar-refractivity contribution in [1.82, 2.24) is 10.3 Å². The Morgan fingerprint density at radius 1 is 1.23 bits per heavy atom. The zero-order valence-corrected chi connectivity index (χ0v) is 17.3. The first-order valence-electron chi connectivity index (χ1n) is 7.79. The molecule has 0 aliphatic carbocycles. The van der Waals surface area contributed by atoms with Gasteiger partial charge in [0.15, 0.2) is 5.13 Å². The minimum atomic E-state index is -0.173. The van der Waals surface area contributed by atoms with Gasteiger partial charge in [0.05, 0.1) is 17.1 Å². The second-order valence-corrected chi connectivity index (χ2v) is 8.57. The van der Waals surface area contributed by atoms with E-state index in [2.05, 4.69) is 31.5 Å². The van der Waals surface area contributed by atoms with Crippen molar-refractivity contribution >= 4 is 55.5 Å². The number of nitrogens with zero attached hydrogens (tertiary/aromatic N) is 1. The van der Waals surface area contributed by atoms with E-state index in [9.17, 15) is 9.59 Å². The Morgan fingerprint density at radius 2 is 2.04 bits per heavy atom. The molecule has 0 atom stereocenters. The van der Waals surface area contributed by atoms with Gasteiger partial charge in [0.25, 0.3) is 5.91 Å². The molecule has 2 N–H and O–H groups in total. The van der Waals surface area contributed by atoms with E-state index in [0.29, 0.717) is 17.2 Å². The number of carbonyl (C=O) groups is 2. The van der Waals surface area contributed by atoms with Gasteiger partial charge in [-0.15, -0.1) is 22.7 Å². The van der Waals surface area contributed by atoms with Crippen LogP contribution in [0.5, 0.6) is 0 Å². The third kappa shape index (κ3) is 4.57. The molecule has 0 saturated carbocycles. The van der Waals surface area contributed by atoms with Crippen molar-refractivity contribution in [3.63, 3.8) is 0 Å². The summed E-state index contributed by atoms with van der Waals surface area (Å²) in [5.74, 6) is -0.227. The van der Waals surface area contributed by atoms with Crippen LogP contribution in [-0.2, 0) is 11.3 Å². The van der Waals surface area contributed by atoms with Crippen LogP contribution in [0.15, 0.2) is 40.2 Å². The second kappa shape index (κ2) is 8.11. The number of carbonyl (C=O) groups excluding carboxylic acids is 2. The molecule has 0 spiro atoms. The summed E-state index contributed by atoms with van der Waals surface area (Å²) in [6, 6.07) is 9.48. The SMILES string of the molecule is CC(=O)NCc1ccc(-c2csc(NC(=O)c3ccc(Br)cc3C)n2)s1. The predicted octanol–water partition coefficient (Wildman–Crippen LogP) is 4.83. The van der Waals surface area contributed by atoms with E-state index in [1.54, 1.807) is 17.4 Å². The number of halogens is 1. The van der Waals surface area contributed by atoms with Gasteiger partial charge in [0, 0.05) is 27.2 Å². The van der Waals surface area contributed by atoms with E-state index < -0.39 is 0 Å². The van der Waals surface area contributed by atoms with Crippen LogP contribution in [0.25, 0.3) is 10.6 Å². The predicted molar refractivity (Wildman–Crippen MR) is 110 cm³/mol. The summed E-state index contributed by atoms with van der Waals surface area (Å²) in [4.78, 5) is 30.0. The van der Waals surface area contributed by atoms with Crippen LogP contribution < -0.4 is 10.6 Å². The lowest BCUT2D eigenvalue weighted by atomic mass is 10.1. The number of rotatable bonds is 5. The van der Waals surface area contributed by atoms with Crippen molar-refractivity contribution in [2.45, 2.75) is 20.4 Å². The van der Waals surface area contributed by atoms with Gasteiger partial charge in [0.2, 0.25) is 5.91 Å². The molecule has 2 heterocycles. The van der Waals surface area contributed by atoms with Crippen molar-refractivity contribution in [3.05, 3.63) is 56.2 Å². The third-order valence-electron chi connectivity index (χ3n) is 3.58. The first-order chi connectivity index (χ1) is 12.4. The number of benzene rings is 1. The molecule has 0 radical (unpaired) electrons. The standard InChI is InChI=1S/C18H16BrN3O2S2/c1-10-7-12(19)3-5-14(10)17(24)22-18-21-15(9-25-18)16-6-4-13(26-16)8-20-11(2)23/h3-7,9H,8H2,1-2H3,(H,20,23)(H,21,22,24). The number of thiophene rings is 1. The average molecular weight is 450 g/mol. The molecular weight excluding hydrogens is 434 g/mol. The van der Waals surface area contributed by atoms with Crippen LogP contribution in [0.1, 0.15) is 27.7 Å². The van der Waals surface area contributed by atoms with Crippen LogP contribution in [0.2, 0.25) is 0 Å². The molecule has 26 heavy (non-hydrogen) atoms. The van der Waals surface area contributed by atoms with E-state index >= 15 is 0 Å². The molecular formula is C18H16BrN3O2S2. The zero-order chi connectivity index (χ0) is 18.7. The molecule has 2 amide bonds. The van der Waals surface area contributed by atoms with Gasteiger partial charge in [-0.05, 0) is 42.8 Å². The molecule has 0 saturated heterocycles. The van der Waals surface area contributed by atoms with Crippen LogP contribution in [0, 0.1) is 6.92 Å². The summed E-state index contributed by atoms with van der Waals surface area (Å²) in [5, 5.41) is 8.11. The monoisotopic (exact) mass is 449 g/mol. The topological polar surface area (TPSA) is 71.1 Å². The number of amides is 2. The van der Waals surface area contributed by atoms with Crippen molar-refractivity contribution in [2.75, 3.05) is 5.32 Å². The summed E-state index contributed by atoms with van der Waals surface area (Å²) >= 11 is 6.36. The molecule has 5 nitrogen and oxygen atoms in total. The molecule has 8 heteroatoms. The lowest BCUT2D eigenvalue weighted by Crippen LogP contribution is -2.17. The first-order valence-corrected chi connectivity index (χ1v) is 10.3. The highest BCUT2D eigenvalue weighted by molar-refractivity contribution is 9.10. The summed E-state index contributed by atoms with van der Waals surface area (Å²) < 4.78 is 0.941. The molecule has 0 aliphatic rings. The van der Waals surface area contributed by atoms with E-state index in [1.165, 1.54) is 18.3 Å². The highest BCUT2D eigenvalue weighted by atomic mass is 79.9. The van der Waals surface area contributed by atoms with Gasteiger partial charge in [-0.25, -0.2) is 4.98 Å². The summed E-state index contributed by atoms with van der Waals surface area (Å²) in [6.07, 6.45) is 0. The lowest BCUT2D eigenvalue weighted by molar-refractivity contribution is -0.119. The minimum Gasteiger partial charge on any atom is -0.351 e. The molecule has 0 unspecified atom stereocenters. The van der Waals surface area contributed by atoms with Gasteiger partial charge in [-0.3, -0.25) is 14.9 Å². The number of hydrogen-bond acceptors (Lipinski definition) is 5. The fraction of sp³-hybridized carbons (Fsp3) is 0.167. The third-order valence-corrected chi connectivity index (χ3v) is 5.94. The van der Waals surface area contributed by atoms with Gasteiger partial charge in [-0.1, -0.05) is 15.9 Å². The van der Waals surface area contributed by atoms with Crippen molar-refractivity contribution in [3.8, 4) is 10.6 Å². The van der Waals surface area contributed by atoms with Crippen LogP contribution >= 0.6 is 38.6 Å². The fourth-order valence-corrected chi connectivity index (χ4v) is 4.48. The molecule has 0 fully saturated rings. The van der Waals surface area contributed by atoms with Gasteiger partial charge in [0.1, 0.15) is 0 Å². The normalized spacial score (nSPS) is 10.6. The lowest BCUT2D eigenvalue weighted by Gasteiger charge is -2.05. The Hall–Kier alpha value is -2.03. The van der Waals surface area contributed by atoms with Gasteiger partial charge < -0.3 is 5.32 Å². The maximum absolute atomic E-state index is 12.4. The van der Waals surface area contributed by atoms with E-state index in [-0.39, 0.29) is 11.8 Å². The molecule has 3 aromatic rings. The first kappa shape index (κ1) is 18.8. The Balaban J connectivity index is 1.70. The summed E-state index contributed by atoms with van der Waals surface area (Å²) in [7, 11) is 0. The maximum Gasteiger partial charge on any atom is 0.257 e. The van der Waals surface area contributed by atoms with E-state index in [4.69, 9.17) is 0 Å². The van der Waals surface area contributed by atoms with Crippen LogP contribution in [0.3, 0.4) is 0 Å². The number of aromatic nitrogens is 1. The number of anilines is 1. The quantitative estimate of drug-likeness (QED) is 0.585. The fourth-order valence-electron chi connectivity index (χ4n) is 2.31. The molecule has 0 aliphatic heterocycles. The number of thiazole rings is 1. The Bertz CT molecular complexity index is 965. The van der Waals surface area contributed by atoms with E-state index in [0.717, 1.165) is 25.5 Å². The molecule has 0 bridgehead atoms. The Kier molecular flexibility index (Phi) is 5.85. The second-order valence-electron chi connectivity index (χ2n) is 5.63. The molecule has 2 aromatic heterocycles. The number of aryl methyl sites for hydroxylation is 1. The largest absolute Gasteiger partial charge is 0.351 e. The summed E-state index contributed by atoms with van der Waals surface area (Å²) in [5.41, 5.74) is 2.34. The van der Waals surface area contributed by atoms with Crippen molar-refractivity contribution in [1.29, 1.82) is 0 Å². The average Bonchev–Trinajstić information content (AvgIpc) is 3.21.